The molecule has 1 heterocycles. The molecule has 2 N–H and O–H groups in total. The predicted molar refractivity (Wildman–Crippen MR) is 104 cm³/mol. The fraction of sp³-hybridized carbons (Fsp3) is 0.550. The zero-order valence-corrected chi connectivity index (χ0v) is 16.1. The first-order valence-corrected chi connectivity index (χ1v) is 10.2. The van der Waals surface area contributed by atoms with Gasteiger partial charge in [0.1, 0.15) is 0 Å². The topological polar surface area (TPSA) is 71.8 Å². The molecule has 2 amide bonds. The van der Waals surface area contributed by atoms with Crippen molar-refractivity contribution in [2.24, 2.45) is 11.8 Å². The van der Waals surface area contributed by atoms with Crippen molar-refractivity contribution in [3.05, 3.63) is 47.2 Å². The van der Waals surface area contributed by atoms with Crippen molar-refractivity contribution in [3.63, 3.8) is 0 Å². The molecule has 0 bridgehead atoms. The van der Waals surface area contributed by atoms with Gasteiger partial charge in [-0.1, -0.05) is 41.8 Å². The lowest BCUT2D eigenvalue weighted by Gasteiger charge is -2.36. The Balaban J connectivity index is 1.31. The van der Waals surface area contributed by atoms with E-state index in [0.717, 1.165) is 37.8 Å². The molecule has 6 nitrogen and oxygen atoms in total. The molecule has 1 aromatic heterocycles. The second-order valence-electron chi connectivity index (χ2n) is 7.85. The monoisotopic (exact) mass is 387 g/mol. The predicted octanol–water partition coefficient (Wildman–Crippen LogP) is 3.94. The van der Waals surface area contributed by atoms with Crippen LogP contribution in [0.1, 0.15) is 50.1 Å². The number of aromatic nitrogens is 3. The highest BCUT2D eigenvalue weighted by Gasteiger charge is 2.32. The Kier molecular flexibility index (Phi) is 5.62. The number of benzene rings is 1. The van der Waals surface area contributed by atoms with Gasteiger partial charge in [0, 0.05) is 23.8 Å². The van der Waals surface area contributed by atoms with Crippen molar-refractivity contribution in [2.45, 2.75) is 57.2 Å². The first-order chi connectivity index (χ1) is 13.2. The van der Waals surface area contributed by atoms with Crippen LogP contribution in [-0.4, -0.2) is 27.1 Å². The fourth-order valence-corrected chi connectivity index (χ4v) is 4.63. The SMILES string of the molecule is O=C(NC1CC(Cn2ccnn2)C1)N[C@H](c1cccc(Cl)c1)C1CCCC1. The van der Waals surface area contributed by atoms with Gasteiger partial charge in [0.05, 0.1) is 12.2 Å². The third kappa shape index (κ3) is 4.61. The summed E-state index contributed by atoms with van der Waals surface area (Å²) in [7, 11) is 0. The molecule has 0 aliphatic heterocycles. The van der Waals surface area contributed by atoms with E-state index in [0.29, 0.717) is 16.9 Å². The molecule has 2 aromatic rings. The number of hydrogen-bond donors (Lipinski definition) is 2. The van der Waals surface area contributed by atoms with E-state index in [2.05, 4.69) is 27.0 Å². The number of nitrogens with zero attached hydrogens (tertiary/aromatic N) is 3. The van der Waals surface area contributed by atoms with E-state index in [9.17, 15) is 4.79 Å². The van der Waals surface area contributed by atoms with Crippen molar-refractivity contribution in [2.75, 3.05) is 0 Å². The van der Waals surface area contributed by atoms with Crippen LogP contribution in [0.25, 0.3) is 0 Å². The van der Waals surface area contributed by atoms with Crippen LogP contribution in [0.2, 0.25) is 5.02 Å². The van der Waals surface area contributed by atoms with E-state index in [1.165, 1.54) is 12.8 Å². The third-order valence-electron chi connectivity index (χ3n) is 5.85. The van der Waals surface area contributed by atoms with Gasteiger partial charge in [-0.05, 0) is 55.2 Å². The Morgan fingerprint density at radius 2 is 2.11 bits per heavy atom. The first kappa shape index (κ1) is 18.3. The van der Waals surface area contributed by atoms with Gasteiger partial charge in [0.25, 0.3) is 0 Å². The van der Waals surface area contributed by atoms with Crippen LogP contribution >= 0.6 is 11.6 Å². The number of hydrogen-bond acceptors (Lipinski definition) is 3. The summed E-state index contributed by atoms with van der Waals surface area (Å²) >= 11 is 6.18. The van der Waals surface area contributed by atoms with E-state index in [1.54, 1.807) is 6.20 Å². The number of halogens is 1. The summed E-state index contributed by atoms with van der Waals surface area (Å²) in [4.78, 5) is 12.6. The molecule has 1 atom stereocenters. The van der Waals surface area contributed by atoms with Gasteiger partial charge >= 0.3 is 6.03 Å². The van der Waals surface area contributed by atoms with Crippen LogP contribution in [0.15, 0.2) is 36.7 Å². The second kappa shape index (κ2) is 8.30. The minimum Gasteiger partial charge on any atom is -0.335 e. The molecule has 0 radical (unpaired) electrons. The molecule has 0 saturated heterocycles. The molecule has 27 heavy (non-hydrogen) atoms. The Hall–Kier alpha value is -2.08. The quantitative estimate of drug-likeness (QED) is 0.788. The van der Waals surface area contributed by atoms with E-state index in [1.807, 2.05) is 29.1 Å². The summed E-state index contributed by atoms with van der Waals surface area (Å²) in [6.07, 6.45) is 10.3. The van der Waals surface area contributed by atoms with E-state index in [4.69, 9.17) is 11.6 Å². The molecule has 2 aliphatic carbocycles. The first-order valence-electron chi connectivity index (χ1n) is 9.84. The van der Waals surface area contributed by atoms with Gasteiger partial charge in [0.15, 0.2) is 0 Å². The highest BCUT2D eigenvalue weighted by atomic mass is 35.5. The van der Waals surface area contributed by atoms with Gasteiger partial charge in [-0.25, -0.2) is 4.79 Å². The molecule has 144 valence electrons. The lowest BCUT2D eigenvalue weighted by Crippen LogP contribution is -2.50. The largest absolute Gasteiger partial charge is 0.335 e. The lowest BCUT2D eigenvalue weighted by atomic mass is 9.80. The Labute approximate surface area is 164 Å². The number of rotatable bonds is 6. The highest BCUT2D eigenvalue weighted by molar-refractivity contribution is 6.30. The minimum absolute atomic E-state index is 0.0252. The van der Waals surface area contributed by atoms with E-state index >= 15 is 0 Å². The molecular weight excluding hydrogens is 362 g/mol. The lowest BCUT2D eigenvalue weighted by molar-refractivity contribution is 0.181. The van der Waals surface area contributed by atoms with Gasteiger partial charge in [0.2, 0.25) is 0 Å². The van der Waals surface area contributed by atoms with Crippen LogP contribution in [-0.2, 0) is 6.54 Å². The average molecular weight is 388 g/mol. The third-order valence-corrected chi connectivity index (χ3v) is 6.09. The normalized spacial score (nSPS) is 23.6. The summed E-state index contributed by atoms with van der Waals surface area (Å²) < 4.78 is 1.86. The summed E-state index contributed by atoms with van der Waals surface area (Å²) in [6.45, 7) is 0.868. The number of carbonyl (C=O) groups excluding carboxylic acids is 1. The molecule has 1 aromatic carbocycles. The van der Waals surface area contributed by atoms with E-state index < -0.39 is 0 Å². The number of urea groups is 1. The average Bonchev–Trinajstić information content (AvgIpc) is 3.31. The molecule has 7 heteroatoms. The Morgan fingerprint density at radius 1 is 1.30 bits per heavy atom. The van der Waals surface area contributed by atoms with Crippen molar-refractivity contribution in [3.8, 4) is 0 Å². The molecule has 0 spiro atoms. The van der Waals surface area contributed by atoms with Crippen LogP contribution < -0.4 is 10.6 Å². The van der Waals surface area contributed by atoms with Crippen molar-refractivity contribution in [1.29, 1.82) is 0 Å². The van der Waals surface area contributed by atoms with Gasteiger partial charge in [-0.2, -0.15) is 0 Å². The summed E-state index contributed by atoms with van der Waals surface area (Å²) in [5.41, 5.74) is 1.10. The maximum absolute atomic E-state index is 12.6. The van der Waals surface area contributed by atoms with Crippen LogP contribution in [0, 0.1) is 11.8 Å². The van der Waals surface area contributed by atoms with Crippen LogP contribution in [0.4, 0.5) is 4.79 Å². The zero-order chi connectivity index (χ0) is 18.6. The van der Waals surface area contributed by atoms with Crippen LogP contribution in [0.5, 0.6) is 0 Å². The Morgan fingerprint density at radius 3 is 2.81 bits per heavy atom. The zero-order valence-electron chi connectivity index (χ0n) is 15.4. The second-order valence-corrected chi connectivity index (χ2v) is 8.29. The minimum atomic E-state index is -0.0731. The fourth-order valence-electron chi connectivity index (χ4n) is 4.43. The molecule has 2 fully saturated rings. The summed E-state index contributed by atoms with van der Waals surface area (Å²) in [5.74, 6) is 1.03. The van der Waals surface area contributed by atoms with Crippen molar-refractivity contribution >= 4 is 17.6 Å². The van der Waals surface area contributed by atoms with E-state index in [-0.39, 0.29) is 18.1 Å². The Bertz CT molecular complexity index is 753. The summed E-state index contributed by atoms with van der Waals surface area (Å²) in [5, 5.41) is 14.9. The number of amides is 2. The maximum Gasteiger partial charge on any atom is 0.315 e. The molecule has 4 rings (SSSR count). The van der Waals surface area contributed by atoms with Gasteiger partial charge < -0.3 is 10.6 Å². The van der Waals surface area contributed by atoms with Gasteiger partial charge in [-0.3, -0.25) is 4.68 Å². The maximum atomic E-state index is 12.6. The van der Waals surface area contributed by atoms with Gasteiger partial charge in [-0.15, -0.1) is 5.10 Å². The number of carbonyl (C=O) groups is 1. The highest BCUT2D eigenvalue weighted by Crippen LogP contribution is 2.36. The molecular formula is C20H26ClN5O. The van der Waals surface area contributed by atoms with Crippen molar-refractivity contribution in [1.82, 2.24) is 25.6 Å². The standard InChI is InChI=1S/C20H26ClN5O/c21-17-7-3-6-16(12-17)19(15-4-1-2-5-15)24-20(27)23-18-10-14(11-18)13-26-9-8-22-25-26/h3,6-9,12,14-15,18-19H,1-2,4-5,10-11,13H2,(H2,23,24,27)/t14?,18?,19-/m0/s1. The molecule has 2 aliphatic rings. The summed E-state index contributed by atoms with van der Waals surface area (Å²) in [6, 6.07) is 8.06. The van der Waals surface area contributed by atoms with Crippen LogP contribution in [0.3, 0.4) is 0 Å². The van der Waals surface area contributed by atoms with Crippen molar-refractivity contribution < 1.29 is 4.79 Å². The molecule has 2 saturated carbocycles. The number of nitrogens with one attached hydrogen (secondary N) is 2. The smallest absolute Gasteiger partial charge is 0.315 e. The molecule has 0 unspecified atom stereocenters.